The summed E-state index contributed by atoms with van der Waals surface area (Å²) in [6, 6.07) is 0. The van der Waals surface area contributed by atoms with Crippen LogP contribution in [-0.4, -0.2) is 11.1 Å². The normalized spacial score (nSPS) is 35.6. The first kappa shape index (κ1) is 21.1. The van der Waals surface area contributed by atoms with Crippen molar-refractivity contribution in [2.45, 2.75) is 103 Å². The van der Waals surface area contributed by atoms with Crippen LogP contribution in [-0.2, 0) is 4.79 Å². The van der Waals surface area contributed by atoms with Gasteiger partial charge in [-0.25, -0.2) is 0 Å². The molecule has 25 heavy (non-hydrogen) atoms. The molecule has 3 saturated carbocycles. The van der Waals surface area contributed by atoms with Gasteiger partial charge in [0.05, 0.1) is 5.41 Å². The van der Waals surface area contributed by atoms with E-state index in [1.807, 2.05) is 0 Å². The zero-order chi connectivity index (χ0) is 17.0. The van der Waals surface area contributed by atoms with Crippen LogP contribution in [0.2, 0.25) is 0 Å². The Balaban J connectivity index is 0.00000225. The van der Waals surface area contributed by atoms with E-state index in [1.54, 1.807) is 0 Å². The van der Waals surface area contributed by atoms with Gasteiger partial charge in [0, 0.05) is 0 Å². The van der Waals surface area contributed by atoms with Crippen LogP contribution in [0.15, 0.2) is 0 Å². The summed E-state index contributed by atoms with van der Waals surface area (Å²) in [6.07, 6.45) is 19.0. The fourth-order valence-electron chi connectivity index (χ4n) is 6.48. The molecule has 0 heterocycles. The van der Waals surface area contributed by atoms with Crippen molar-refractivity contribution in [2.75, 3.05) is 0 Å². The predicted molar refractivity (Wildman–Crippen MR) is 106 cm³/mol. The summed E-state index contributed by atoms with van der Waals surface area (Å²) < 4.78 is 0. The number of hydrogen-bond donors (Lipinski definition) is 1. The highest BCUT2D eigenvalue weighted by Crippen LogP contribution is 2.51. The molecule has 146 valence electrons. The van der Waals surface area contributed by atoms with Crippen LogP contribution in [0.25, 0.3) is 0 Å². The van der Waals surface area contributed by atoms with Gasteiger partial charge in [-0.3, -0.25) is 4.79 Å². The smallest absolute Gasteiger partial charge is 0.309 e. The maximum Gasteiger partial charge on any atom is 0.309 e. The molecule has 0 aromatic rings. The summed E-state index contributed by atoms with van der Waals surface area (Å²) in [5.41, 5.74) is -0.359. The van der Waals surface area contributed by atoms with E-state index in [4.69, 9.17) is 0 Å². The molecule has 0 amide bonds. The average Bonchev–Trinajstić information content (AvgIpc) is 2.63. The van der Waals surface area contributed by atoms with E-state index >= 15 is 0 Å². The van der Waals surface area contributed by atoms with E-state index < -0.39 is 5.97 Å². The third-order valence-corrected chi connectivity index (χ3v) is 7.98. The van der Waals surface area contributed by atoms with E-state index in [9.17, 15) is 9.90 Å². The Kier molecular flexibility index (Phi) is 8.11. The highest BCUT2D eigenvalue weighted by Gasteiger charge is 2.47. The Hall–Kier alpha value is -0.240. The quantitative estimate of drug-likeness (QED) is 0.574. The maximum absolute atomic E-state index is 12.1. The molecule has 0 radical (unpaired) electrons. The van der Waals surface area contributed by atoms with Crippen molar-refractivity contribution in [1.82, 2.24) is 0 Å². The van der Waals surface area contributed by atoms with Gasteiger partial charge in [-0.05, 0) is 75.0 Å². The molecule has 2 nitrogen and oxygen atoms in total. The van der Waals surface area contributed by atoms with Gasteiger partial charge in [0.15, 0.2) is 0 Å². The second-order valence-corrected chi connectivity index (χ2v) is 9.20. The van der Waals surface area contributed by atoms with Crippen molar-refractivity contribution in [3.8, 4) is 0 Å². The molecule has 3 aliphatic carbocycles. The number of carboxylic acid groups (broad SMARTS) is 1. The Bertz CT molecular complexity index is 400. The molecule has 1 N–H and O–H groups in total. The van der Waals surface area contributed by atoms with Crippen molar-refractivity contribution in [2.24, 2.45) is 29.1 Å². The second kappa shape index (κ2) is 9.62. The number of carbonyl (C=O) groups is 1. The fourth-order valence-corrected chi connectivity index (χ4v) is 6.48. The Morgan fingerprint density at radius 1 is 0.880 bits per heavy atom. The molecule has 0 aliphatic heterocycles. The lowest BCUT2D eigenvalue weighted by molar-refractivity contribution is -0.157. The van der Waals surface area contributed by atoms with Crippen LogP contribution in [0.1, 0.15) is 103 Å². The van der Waals surface area contributed by atoms with Crippen molar-refractivity contribution >= 4 is 18.4 Å². The molecule has 3 rings (SSSR count). The SMILES string of the molecule is CCCC1CCC([C@H]2CC[C@H](C3(C(=O)O)CCCCC3)CC2)CC1.Cl. The average molecular weight is 371 g/mol. The third kappa shape index (κ3) is 4.73. The molecular weight excluding hydrogens is 332 g/mol. The minimum Gasteiger partial charge on any atom is -0.481 e. The molecule has 0 atom stereocenters. The number of hydrogen-bond acceptors (Lipinski definition) is 1. The molecule has 3 heteroatoms. The Labute approximate surface area is 160 Å². The minimum absolute atomic E-state index is 0. The van der Waals surface area contributed by atoms with Crippen LogP contribution in [0, 0.1) is 29.1 Å². The van der Waals surface area contributed by atoms with Gasteiger partial charge in [0.25, 0.3) is 0 Å². The molecule has 0 unspecified atom stereocenters. The molecule has 0 aromatic heterocycles. The molecule has 3 fully saturated rings. The number of aliphatic carboxylic acids is 1. The first-order chi connectivity index (χ1) is 11.7. The lowest BCUT2D eigenvalue weighted by Crippen LogP contribution is -2.42. The zero-order valence-corrected chi connectivity index (χ0v) is 17.0. The highest BCUT2D eigenvalue weighted by molar-refractivity contribution is 5.85. The third-order valence-electron chi connectivity index (χ3n) is 7.98. The molecule has 0 spiro atoms. The van der Waals surface area contributed by atoms with Crippen molar-refractivity contribution in [1.29, 1.82) is 0 Å². The van der Waals surface area contributed by atoms with Gasteiger partial charge in [-0.15, -0.1) is 12.4 Å². The van der Waals surface area contributed by atoms with E-state index in [-0.39, 0.29) is 17.8 Å². The van der Waals surface area contributed by atoms with Crippen LogP contribution in [0.4, 0.5) is 0 Å². The van der Waals surface area contributed by atoms with Crippen LogP contribution in [0.3, 0.4) is 0 Å². The van der Waals surface area contributed by atoms with Crippen LogP contribution < -0.4 is 0 Å². The number of halogens is 1. The number of carboxylic acids is 1. The summed E-state index contributed by atoms with van der Waals surface area (Å²) in [5.74, 6) is 2.83. The maximum atomic E-state index is 12.1. The lowest BCUT2D eigenvalue weighted by Gasteiger charge is -2.45. The van der Waals surface area contributed by atoms with Crippen molar-refractivity contribution in [3.63, 3.8) is 0 Å². The molecular formula is C22H39ClO2. The first-order valence-corrected chi connectivity index (χ1v) is 10.9. The summed E-state index contributed by atoms with van der Waals surface area (Å²) in [4.78, 5) is 12.1. The Morgan fingerprint density at radius 3 is 1.88 bits per heavy atom. The largest absolute Gasteiger partial charge is 0.481 e. The fraction of sp³-hybridized carbons (Fsp3) is 0.955. The Morgan fingerprint density at radius 2 is 1.40 bits per heavy atom. The summed E-state index contributed by atoms with van der Waals surface area (Å²) >= 11 is 0. The topological polar surface area (TPSA) is 37.3 Å². The standard InChI is InChI=1S/C22H38O2.ClH/c1-2-6-17-7-9-18(10-8-17)19-11-13-20(14-12-19)22(21(23)24)15-4-3-5-16-22;/h17-20H,2-16H2,1H3,(H,23,24);1H/t17?,18?,19-,20-;. The monoisotopic (exact) mass is 370 g/mol. The lowest BCUT2D eigenvalue weighted by atomic mass is 9.59. The zero-order valence-electron chi connectivity index (χ0n) is 16.2. The van der Waals surface area contributed by atoms with Crippen molar-refractivity contribution in [3.05, 3.63) is 0 Å². The molecule has 0 aromatic carbocycles. The van der Waals surface area contributed by atoms with Gasteiger partial charge in [0.1, 0.15) is 0 Å². The summed E-state index contributed by atoms with van der Waals surface area (Å²) in [5, 5.41) is 9.94. The summed E-state index contributed by atoms with van der Waals surface area (Å²) in [7, 11) is 0. The van der Waals surface area contributed by atoms with Gasteiger partial charge in [-0.1, -0.05) is 51.9 Å². The molecule has 3 aliphatic rings. The first-order valence-electron chi connectivity index (χ1n) is 10.9. The van der Waals surface area contributed by atoms with E-state index in [0.717, 1.165) is 43.4 Å². The van der Waals surface area contributed by atoms with E-state index in [1.165, 1.54) is 70.6 Å². The van der Waals surface area contributed by atoms with Gasteiger partial charge >= 0.3 is 5.97 Å². The minimum atomic E-state index is -0.481. The highest BCUT2D eigenvalue weighted by atomic mass is 35.5. The van der Waals surface area contributed by atoms with Gasteiger partial charge < -0.3 is 5.11 Å². The van der Waals surface area contributed by atoms with Crippen LogP contribution in [0.5, 0.6) is 0 Å². The molecule has 0 bridgehead atoms. The predicted octanol–water partition coefficient (Wildman–Crippen LogP) is 6.86. The number of rotatable bonds is 5. The van der Waals surface area contributed by atoms with Crippen molar-refractivity contribution < 1.29 is 9.90 Å². The van der Waals surface area contributed by atoms with E-state index in [2.05, 4.69) is 6.92 Å². The van der Waals surface area contributed by atoms with Gasteiger partial charge in [0.2, 0.25) is 0 Å². The van der Waals surface area contributed by atoms with Gasteiger partial charge in [-0.2, -0.15) is 0 Å². The van der Waals surface area contributed by atoms with E-state index in [0.29, 0.717) is 5.92 Å². The second-order valence-electron chi connectivity index (χ2n) is 9.20. The molecule has 0 saturated heterocycles. The summed E-state index contributed by atoms with van der Waals surface area (Å²) in [6.45, 7) is 2.32. The van der Waals surface area contributed by atoms with Crippen LogP contribution >= 0.6 is 12.4 Å².